The molecule has 0 saturated heterocycles. The topological polar surface area (TPSA) is 72.0 Å². The van der Waals surface area contributed by atoms with Crippen molar-refractivity contribution in [2.75, 3.05) is 0 Å². The Morgan fingerprint density at radius 2 is 1.82 bits per heavy atom. The number of rotatable bonds is 7. The predicted molar refractivity (Wildman–Crippen MR) is 106 cm³/mol. The van der Waals surface area contributed by atoms with Crippen LogP contribution in [0.4, 0.5) is 18.9 Å². The first-order valence-electron chi connectivity index (χ1n) is 8.37. The first kappa shape index (κ1) is 19.8. The summed E-state index contributed by atoms with van der Waals surface area (Å²) in [5, 5.41) is 3.12. The van der Waals surface area contributed by atoms with Crippen LogP contribution in [0.5, 0.6) is 5.75 Å². The zero-order chi connectivity index (χ0) is 20.1. The highest BCUT2D eigenvalue weighted by Gasteiger charge is 2.37. The largest absolute Gasteiger partial charge is 0.573 e. The molecule has 1 saturated carbocycles. The van der Waals surface area contributed by atoms with Crippen LogP contribution in [-0.2, 0) is 0 Å². The Morgan fingerprint density at radius 3 is 2.43 bits per heavy atom. The van der Waals surface area contributed by atoms with Crippen LogP contribution in [0.2, 0.25) is 0 Å². The van der Waals surface area contributed by atoms with Gasteiger partial charge in [-0.25, -0.2) is 9.98 Å². The van der Waals surface area contributed by atoms with Crippen LogP contribution in [0.3, 0.4) is 0 Å². The van der Waals surface area contributed by atoms with Gasteiger partial charge in [0.2, 0.25) is 0 Å². The summed E-state index contributed by atoms with van der Waals surface area (Å²) in [6.07, 6.45) is -2.42. The minimum Gasteiger partial charge on any atom is -0.406 e. The number of thiocarbonyl (C=S) groups is 1. The van der Waals surface area contributed by atoms with Gasteiger partial charge in [-0.1, -0.05) is 36.5 Å². The third kappa shape index (κ3) is 5.53. The van der Waals surface area contributed by atoms with Crippen LogP contribution >= 0.6 is 12.2 Å². The molecule has 2 aromatic rings. The van der Waals surface area contributed by atoms with Gasteiger partial charge in [-0.15, -0.1) is 13.2 Å². The van der Waals surface area contributed by atoms with E-state index in [0.29, 0.717) is 17.6 Å². The van der Waals surface area contributed by atoms with Crippen molar-refractivity contribution in [2.24, 2.45) is 15.7 Å². The van der Waals surface area contributed by atoms with E-state index in [9.17, 15) is 13.2 Å². The van der Waals surface area contributed by atoms with Gasteiger partial charge in [-0.05, 0) is 36.2 Å². The van der Waals surface area contributed by atoms with Crippen LogP contribution < -0.4 is 15.8 Å². The number of alkyl halides is 3. The highest BCUT2D eigenvalue weighted by atomic mass is 32.1. The lowest BCUT2D eigenvalue weighted by Crippen LogP contribution is -2.16. The molecule has 2 atom stereocenters. The second-order valence-electron chi connectivity index (χ2n) is 6.16. The molecular weight excluding hydrogens is 389 g/mol. The number of hydrogen-bond acceptors (Lipinski definition) is 3. The number of benzene rings is 2. The van der Waals surface area contributed by atoms with Gasteiger partial charge in [0.1, 0.15) is 17.9 Å². The molecule has 9 heteroatoms. The van der Waals surface area contributed by atoms with Gasteiger partial charge in [-0.3, -0.25) is 0 Å². The number of amidine groups is 1. The molecule has 2 unspecified atom stereocenters. The summed E-state index contributed by atoms with van der Waals surface area (Å²) >= 11 is 4.80. The Hall–Kier alpha value is -2.94. The Balaban J connectivity index is 1.58. The second kappa shape index (κ2) is 8.39. The van der Waals surface area contributed by atoms with Crippen LogP contribution in [0, 0.1) is 0 Å². The van der Waals surface area contributed by atoms with Crippen molar-refractivity contribution < 1.29 is 17.9 Å². The van der Waals surface area contributed by atoms with E-state index in [4.69, 9.17) is 18.0 Å². The molecule has 3 N–H and O–H groups in total. The SMILES string of the molecule is NC(=NC=Nc1ccc(OC(F)(F)F)cc1)c1ccc(C2CC2NC=S)cc1. The van der Waals surface area contributed by atoms with Crippen molar-refractivity contribution >= 4 is 35.6 Å². The molecule has 0 radical (unpaired) electrons. The van der Waals surface area contributed by atoms with E-state index in [2.05, 4.69) is 20.0 Å². The highest BCUT2D eigenvalue weighted by Crippen LogP contribution is 2.40. The Kier molecular flexibility index (Phi) is 5.93. The number of ether oxygens (including phenoxy) is 1. The molecule has 0 aromatic heterocycles. The molecule has 1 fully saturated rings. The molecule has 3 rings (SSSR count). The zero-order valence-electron chi connectivity index (χ0n) is 14.6. The van der Waals surface area contributed by atoms with Gasteiger partial charge >= 0.3 is 6.36 Å². The first-order chi connectivity index (χ1) is 13.4. The van der Waals surface area contributed by atoms with Gasteiger partial charge in [0.15, 0.2) is 0 Å². The molecule has 28 heavy (non-hydrogen) atoms. The van der Waals surface area contributed by atoms with Crippen LogP contribution in [0.25, 0.3) is 0 Å². The van der Waals surface area contributed by atoms with Gasteiger partial charge in [0.25, 0.3) is 0 Å². The predicted octanol–water partition coefficient (Wildman–Crippen LogP) is 4.05. The molecule has 1 aliphatic rings. The minimum absolute atomic E-state index is 0.289. The van der Waals surface area contributed by atoms with Crippen LogP contribution in [0.1, 0.15) is 23.5 Å². The van der Waals surface area contributed by atoms with E-state index in [0.717, 1.165) is 12.0 Å². The summed E-state index contributed by atoms with van der Waals surface area (Å²) in [6.45, 7) is 0. The molecular formula is C19H17F3N4OS. The van der Waals surface area contributed by atoms with Gasteiger partial charge in [-0.2, -0.15) is 0 Å². The Labute approximate surface area is 165 Å². The van der Waals surface area contributed by atoms with Gasteiger partial charge in [0.05, 0.1) is 11.2 Å². The molecule has 0 aliphatic heterocycles. The van der Waals surface area contributed by atoms with Gasteiger partial charge in [0, 0.05) is 17.5 Å². The summed E-state index contributed by atoms with van der Waals surface area (Å²) in [5.74, 6) is 0.433. The number of hydrogen-bond donors (Lipinski definition) is 2. The van der Waals surface area contributed by atoms with E-state index in [1.54, 1.807) is 5.49 Å². The number of nitrogens with one attached hydrogen (secondary N) is 1. The van der Waals surface area contributed by atoms with Crippen molar-refractivity contribution in [3.63, 3.8) is 0 Å². The number of aliphatic imine (C=N–C) groups is 2. The van der Waals surface area contributed by atoms with E-state index >= 15 is 0 Å². The van der Waals surface area contributed by atoms with Crippen molar-refractivity contribution in [1.29, 1.82) is 0 Å². The lowest BCUT2D eigenvalue weighted by Gasteiger charge is -2.08. The monoisotopic (exact) mass is 406 g/mol. The Morgan fingerprint density at radius 1 is 1.14 bits per heavy atom. The van der Waals surface area contributed by atoms with Crippen molar-refractivity contribution in [3.8, 4) is 5.75 Å². The summed E-state index contributed by atoms with van der Waals surface area (Å²) in [6, 6.07) is 13.3. The molecule has 0 amide bonds. The molecule has 146 valence electrons. The summed E-state index contributed by atoms with van der Waals surface area (Å²) in [7, 11) is 0. The van der Waals surface area contributed by atoms with Gasteiger partial charge < -0.3 is 15.8 Å². The van der Waals surface area contributed by atoms with Crippen molar-refractivity contribution in [1.82, 2.24) is 5.32 Å². The standard InChI is InChI=1S/C19H17F3N4OS/c20-19(21,22)27-15-7-5-14(6-8-15)24-10-25-18(23)13-3-1-12(2-4-13)16-9-17(16)26-11-28/h1-8,10-11,16-17H,9H2,(H,26,28)(H2,23,24,25). The number of nitrogens with two attached hydrogens (primary N) is 1. The molecule has 0 bridgehead atoms. The zero-order valence-corrected chi connectivity index (χ0v) is 15.4. The smallest absolute Gasteiger partial charge is 0.406 e. The fourth-order valence-electron chi connectivity index (χ4n) is 2.70. The van der Waals surface area contributed by atoms with E-state index in [-0.39, 0.29) is 11.6 Å². The first-order valence-corrected chi connectivity index (χ1v) is 8.84. The molecule has 0 heterocycles. The third-order valence-electron chi connectivity index (χ3n) is 4.18. The molecule has 5 nitrogen and oxygen atoms in total. The third-order valence-corrected chi connectivity index (χ3v) is 4.32. The fraction of sp³-hybridized carbons (Fsp3) is 0.211. The van der Waals surface area contributed by atoms with Crippen molar-refractivity contribution in [3.05, 3.63) is 59.7 Å². The maximum Gasteiger partial charge on any atom is 0.573 e. The van der Waals surface area contributed by atoms with E-state index in [1.807, 2.05) is 24.3 Å². The highest BCUT2D eigenvalue weighted by molar-refractivity contribution is 7.78. The van der Waals surface area contributed by atoms with E-state index in [1.165, 1.54) is 36.2 Å². The quantitative estimate of drug-likeness (QED) is 0.413. The number of nitrogens with zero attached hydrogens (tertiary/aromatic N) is 2. The summed E-state index contributed by atoms with van der Waals surface area (Å²) in [5.41, 5.74) is 9.88. The maximum absolute atomic E-state index is 12.1. The average molecular weight is 406 g/mol. The van der Waals surface area contributed by atoms with Crippen LogP contribution in [0.15, 0.2) is 58.5 Å². The maximum atomic E-state index is 12.1. The minimum atomic E-state index is -4.72. The molecule has 1 aliphatic carbocycles. The van der Waals surface area contributed by atoms with Crippen LogP contribution in [-0.4, -0.2) is 30.1 Å². The average Bonchev–Trinajstić information content (AvgIpc) is 3.42. The second-order valence-corrected chi connectivity index (χ2v) is 6.39. The van der Waals surface area contributed by atoms with E-state index < -0.39 is 6.36 Å². The lowest BCUT2D eigenvalue weighted by atomic mass is 10.1. The number of halogens is 3. The summed E-state index contributed by atoms with van der Waals surface area (Å²) in [4.78, 5) is 8.11. The fourth-order valence-corrected chi connectivity index (χ4v) is 2.88. The normalized spacial score (nSPS) is 19.5. The molecule has 2 aromatic carbocycles. The Bertz CT molecular complexity index is 880. The van der Waals surface area contributed by atoms with Crippen molar-refractivity contribution in [2.45, 2.75) is 24.7 Å². The lowest BCUT2D eigenvalue weighted by molar-refractivity contribution is -0.274. The summed E-state index contributed by atoms with van der Waals surface area (Å²) < 4.78 is 40.2. The molecule has 0 spiro atoms.